The summed E-state index contributed by atoms with van der Waals surface area (Å²) in [5, 5.41) is 8.91. The van der Waals surface area contributed by atoms with Gasteiger partial charge < -0.3 is 13.7 Å². The third kappa shape index (κ3) is 5.27. The molecule has 160 valence electrons. The van der Waals surface area contributed by atoms with Crippen LogP contribution in [0.5, 0.6) is 0 Å². The Morgan fingerprint density at radius 1 is 1.03 bits per heavy atom. The summed E-state index contributed by atoms with van der Waals surface area (Å²) >= 11 is 1.36. The van der Waals surface area contributed by atoms with Gasteiger partial charge in [0.05, 0.1) is 31.4 Å². The maximum Gasteiger partial charge on any atom is 0.233 e. The van der Waals surface area contributed by atoms with Gasteiger partial charge in [0, 0.05) is 5.69 Å². The highest BCUT2D eigenvalue weighted by atomic mass is 32.2. The molecule has 7 nitrogen and oxygen atoms in total. The third-order valence-electron chi connectivity index (χ3n) is 4.89. The standard InChI is InChI=1S/C23H24N4O3S/c1-17(2)18-7-9-19(10-8-18)27-16-24-25-23(27)31-15-22(28)26(13-20-5-3-11-29-20)14-21-6-4-12-30-21/h3-12,16-17H,13-15H2,1-2H3. The Balaban J connectivity index is 1.44. The van der Waals surface area contributed by atoms with Gasteiger partial charge in [-0.3, -0.25) is 9.36 Å². The summed E-state index contributed by atoms with van der Waals surface area (Å²) < 4.78 is 12.8. The summed E-state index contributed by atoms with van der Waals surface area (Å²) in [4.78, 5) is 14.7. The Morgan fingerprint density at radius 3 is 2.23 bits per heavy atom. The van der Waals surface area contributed by atoms with E-state index in [1.54, 1.807) is 23.8 Å². The lowest BCUT2D eigenvalue weighted by Gasteiger charge is -2.20. The Morgan fingerprint density at radius 2 is 1.68 bits per heavy atom. The lowest BCUT2D eigenvalue weighted by Crippen LogP contribution is -2.31. The number of benzene rings is 1. The number of carbonyl (C=O) groups is 1. The molecule has 0 N–H and O–H groups in total. The first-order valence-corrected chi connectivity index (χ1v) is 11.0. The fourth-order valence-electron chi connectivity index (χ4n) is 3.15. The number of carbonyl (C=O) groups excluding carboxylic acids is 1. The van der Waals surface area contributed by atoms with Gasteiger partial charge in [0.1, 0.15) is 17.8 Å². The summed E-state index contributed by atoms with van der Waals surface area (Å²) in [5.74, 6) is 2.10. The molecule has 4 aromatic rings. The van der Waals surface area contributed by atoms with Crippen LogP contribution in [0.1, 0.15) is 36.8 Å². The van der Waals surface area contributed by atoms with Crippen LogP contribution in [0.2, 0.25) is 0 Å². The van der Waals surface area contributed by atoms with Crippen molar-refractivity contribution >= 4 is 17.7 Å². The largest absolute Gasteiger partial charge is 0.467 e. The molecule has 8 heteroatoms. The van der Waals surface area contributed by atoms with Crippen molar-refractivity contribution in [3.05, 3.63) is 84.5 Å². The van der Waals surface area contributed by atoms with Gasteiger partial charge in [-0.2, -0.15) is 0 Å². The molecule has 3 heterocycles. The van der Waals surface area contributed by atoms with Crippen molar-refractivity contribution in [2.45, 2.75) is 38.0 Å². The molecule has 4 rings (SSSR count). The van der Waals surface area contributed by atoms with Gasteiger partial charge in [-0.25, -0.2) is 0 Å². The molecule has 0 spiro atoms. The molecule has 0 fully saturated rings. The van der Waals surface area contributed by atoms with Crippen molar-refractivity contribution in [2.75, 3.05) is 5.75 Å². The van der Waals surface area contributed by atoms with Crippen LogP contribution in [0.4, 0.5) is 0 Å². The van der Waals surface area contributed by atoms with E-state index >= 15 is 0 Å². The maximum atomic E-state index is 13.0. The van der Waals surface area contributed by atoms with Gasteiger partial charge in [0.15, 0.2) is 5.16 Å². The van der Waals surface area contributed by atoms with Crippen molar-refractivity contribution in [2.24, 2.45) is 0 Å². The molecular weight excluding hydrogens is 412 g/mol. The predicted molar refractivity (Wildman–Crippen MR) is 118 cm³/mol. The number of aromatic nitrogens is 3. The van der Waals surface area contributed by atoms with E-state index in [0.29, 0.717) is 24.2 Å². The van der Waals surface area contributed by atoms with Crippen LogP contribution in [-0.2, 0) is 17.9 Å². The molecule has 31 heavy (non-hydrogen) atoms. The highest BCUT2D eigenvalue weighted by Gasteiger charge is 2.19. The Bertz CT molecular complexity index is 1050. The summed E-state index contributed by atoms with van der Waals surface area (Å²) in [6.45, 7) is 5.07. The monoisotopic (exact) mass is 436 g/mol. The van der Waals surface area contributed by atoms with E-state index in [1.165, 1.54) is 17.3 Å². The van der Waals surface area contributed by atoms with E-state index in [1.807, 2.05) is 41.0 Å². The number of amides is 1. The predicted octanol–water partition coefficient (Wildman–Crippen LogP) is 4.90. The topological polar surface area (TPSA) is 77.3 Å². The lowest BCUT2D eigenvalue weighted by molar-refractivity contribution is -0.130. The molecule has 0 bridgehead atoms. The van der Waals surface area contributed by atoms with Crippen LogP contribution < -0.4 is 0 Å². The average Bonchev–Trinajstić information content (AvgIpc) is 3.54. The maximum absolute atomic E-state index is 13.0. The van der Waals surface area contributed by atoms with Crippen molar-refractivity contribution in [1.82, 2.24) is 19.7 Å². The van der Waals surface area contributed by atoms with Crippen LogP contribution in [0, 0.1) is 0 Å². The van der Waals surface area contributed by atoms with E-state index in [0.717, 1.165) is 17.2 Å². The number of rotatable bonds is 9. The number of hydrogen-bond donors (Lipinski definition) is 0. The summed E-state index contributed by atoms with van der Waals surface area (Å²) in [5.41, 5.74) is 2.24. The molecular formula is C23H24N4O3S. The summed E-state index contributed by atoms with van der Waals surface area (Å²) in [7, 11) is 0. The van der Waals surface area contributed by atoms with E-state index in [2.05, 4.69) is 36.2 Å². The Kier molecular flexibility index (Phi) is 6.57. The van der Waals surface area contributed by atoms with E-state index in [9.17, 15) is 4.79 Å². The van der Waals surface area contributed by atoms with Crippen LogP contribution in [0.3, 0.4) is 0 Å². The Hall–Kier alpha value is -3.26. The highest BCUT2D eigenvalue weighted by molar-refractivity contribution is 7.99. The second-order valence-corrected chi connectivity index (χ2v) is 8.37. The molecule has 3 aromatic heterocycles. The zero-order valence-corrected chi connectivity index (χ0v) is 18.3. The van der Waals surface area contributed by atoms with Gasteiger partial charge in [-0.15, -0.1) is 10.2 Å². The fourth-order valence-corrected chi connectivity index (χ4v) is 3.98. The molecule has 0 aliphatic rings. The van der Waals surface area contributed by atoms with E-state index in [4.69, 9.17) is 8.83 Å². The third-order valence-corrected chi connectivity index (χ3v) is 5.81. The number of thioether (sulfide) groups is 1. The zero-order valence-electron chi connectivity index (χ0n) is 17.5. The minimum Gasteiger partial charge on any atom is -0.467 e. The van der Waals surface area contributed by atoms with Crippen LogP contribution in [-0.4, -0.2) is 31.3 Å². The minimum absolute atomic E-state index is 0.0393. The summed E-state index contributed by atoms with van der Waals surface area (Å²) in [6.07, 6.45) is 4.87. The molecule has 0 radical (unpaired) electrons. The van der Waals surface area contributed by atoms with Gasteiger partial charge in [0.2, 0.25) is 5.91 Å². The number of hydrogen-bond acceptors (Lipinski definition) is 6. The molecule has 1 amide bonds. The highest BCUT2D eigenvalue weighted by Crippen LogP contribution is 2.23. The lowest BCUT2D eigenvalue weighted by atomic mass is 10.0. The minimum atomic E-state index is -0.0393. The molecule has 0 aliphatic heterocycles. The van der Waals surface area contributed by atoms with Crippen molar-refractivity contribution in [3.8, 4) is 5.69 Å². The first kappa shape index (κ1) is 21.0. The van der Waals surface area contributed by atoms with E-state index < -0.39 is 0 Å². The van der Waals surface area contributed by atoms with Crippen molar-refractivity contribution in [3.63, 3.8) is 0 Å². The molecule has 0 atom stereocenters. The van der Waals surface area contributed by atoms with Gasteiger partial charge in [0.25, 0.3) is 0 Å². The SMILES string of the molecule is CC(C)c1ccc(-n2cnnc2SCC(=O)N(Cc2ccco2)Cc2ccco2)cc1. The van der Waals surface area contributed by atoms with Gasteiger partial charge >= 0.3 is 0 Å². The van der Waals surface area contributed by atoms with Gasteiger partial charge in [-0.05, 0) is 47.9 Å². The second kappa shape index (κ2) is 9.70. The fraction of sp³-hybridized carbons (Fsp3) is 0.261. The smallest absolute Gasteiger partial charge is 0.233 e. The van der Waals surface area contributed by atoms with Crippen LogP contribution >= 0.6 is 11.8 Å². The molecule has 0 saturated heterocycles. The van der Waals surface area contributed by atoms with Crippen LogP contribution in [0.25, 0.3) is 5.69 Å². The zero-order chi connectivity index (χ0) is 21.6. The first-order chi connectivity index (χ1) is 15.1. The van der Waals surface area contributed by atoms with Crippen LogP contribution in [0.15, 0.2) is 81.4 Å². The Labute approximate surface area is 185 Å². The average molecular weight is 437 g/mol. The van der Waals surface area contributed by atoms with Crippen molar-refractivity contribution in [1.29, 1.82) is 0 Å². The second-order valence-electron chi connectivity index (χ2n) is 7.43. The normalized spacial score (nSPS) is 11.2. The molecule has 0 aliphatic carbocycles. The molecule has 0 saturated carbocycles. The molecule has 0 unspecified atom stereocenters. The number of nitrogens with zero attached hydrogens (tertiary/aromatic N) is 4. The van der Waals surface area contributed by atoms with E-state index in [-0.39, 0.29) is 11.7 Å². The van der Waals surface area contributed by atoms with Crippen molar-refractivity contribution < 1.29 is 13.6 Å². The quantitative estimate of drug-likeness (QED) is 0.347. The molecule has 1 aromatic carbocycles. The first-order valence-electron chi connectivity index (χ1n) is 10.1. The summed E-state index contributed by atoms with van der Waals surface area (Å²) in [6, 6.07) is 15.6. The number of furan rings is 2. The van der Waals surface area contributed by atoms with Gasteiger partial charge in [-0.1, -0.05) is 37.7 Å².